The number of hydrogen-bond acceptors (Lipinski definition) is 12. The van der Waals surface area contributed by atoms with Gasteiger partial charge in [0.2, 0.25) is 0 Å². The number of hydrogen-bond donors (Lipinski definition) is 3. The van der Waals surface area contributed by atoms with Crippen LogP contribution in [-0.4, -0.2) is 81.3 Å². The average molecular weight is 869 g/mol. The van der Waals surface area contributed by atoms with Crippen molar-refractivity contribution in [2.75, 3.05) is 46.4 Å². The van der Waals surface area contributed by atoms with Crippen LogP contribution in [0.1, 0.15) is 94.6 Å². The summed E-state index contributed by atoms with van der Waals surface area (Å²) in [4.78, 5) is 42.3. The fourth-order valence-electron chi connectivity index (χ4n) is 6.61. The number of phenols is 1. The lowest BCUT2D eigenvalue weighted by Crippen LogP contribution is -2.23. The second-order valence-electron chi connectivity index (χ2n) is 15.5. The van der Waals surface area contributed by atoms with E-state index >= 15 is 0 Å². The van der Waals surface area contributed by atoms with Crippen molar-refractivity contribution in [2.45, 2.75) is 106 Å². The van der Waals surface area contributed by atoms with Gasteiger partial charge in [0.25, 0.3) is 0 Å². The molecule has 0 aromatic heterocycles. The van der Waals surface area contributed by atoms with Crippen LogP contribution in [0.15, 0.2) is 23.3 Å². The number of carbonyl (C=O) groups excluding carboxylic acids is 2. The van der Waals surface area contributed by atoms with E-state index < -0.39 is 29.2 Å². The van der Waals surface area contributed by atoms with E-state index in [0.717, 1.165) is 45.2 Å². The first-order valence-electron chi connectivity index (χ1n) is 19.5. The maximum absolute atomic E-state index is 12.8. The highest BCUT2D eigenvalue weighted by Crippen LogP contribution is 2.49. The number of allylic oxidation sites excluding steroid dienone is 4. The van der Waals surface area contributed by atoms with Crippen molar-refractivity contribution in [2.24, 2.45) is 0 Å². The molecule has 0 amide bonds. The van der Waals surface area contributed by atoms with Crippen molar-refractivity contribution in [3.8, 4) is 23.0 Å². The van der Waals surface area contributed by atoms with Crippen molar-refractivity contribution < 1.29 is 66.3 Å². The van der Waals surface area contributed by atoms with E-state index in [2.05, 4.69) is 25.7 Å². The third-order valence-electron chi connectivity index (χ3n) is 9.91. The van der Waals surface area contributed by atoms with E-state index in [1.165, 1.54) is 7.11 Å². The van der Waals surface area contributed by atoms with Crippen LogP contribution in [0.3, 0.4) is 0 Å². The predicted molar refractivity (Wildman–Crippen MR) is 226 cm³/mol. The van der Waals surface area contributed by atoms with Crippen molar-refractivity contribution in [3.05, 3.63) is 67.8 Å². The molecule has 0 fully saturated rings. The number of carbonyl (C=O) groups is 2. The van der Waals surface area contributed by atoms with E-state index in [9.17, 15) is 23.8 Å². The van der Waals surface area contributed by atoms with Gasteiger partial charge in [-0.25, -0.2) is 9.59 Å². The van der Waals surface area contributed by atoms with Crippen LogP contribution in [0.2, 0.25) is 25.7 Å². The number of methoxy groups -OCH3 is 2. The van der Waals surface area contributed by atoms with Gasteiger partial charge in [0, 0.05) is 30.3 Å². The first-order chi connectivity index (χ1) is 27.1. The van der Waals surface area contributed by atoms with Crippen LogP contribution in [0.25, 0.3) is 0 Å². The number of esters is 2. The fourth-order valence-corrected chi connectivity index (χ4v) is 9.71. The maximum Gasteiger partial charge on any atom is 0.342 e. The van der Waals surface area contributed by atoms with Gasteiger partial charge in [0.15, 0.2) is 0 Å². The van der Waals surface area contributed by atoms with Gasteiger partial charge in [-0.1, -0.05) is 42.9 Å². The number of ether oxygens (including phenoxy) is 5. The van der Waals surface area contributed by atoms with Gasteiger partial charge < -0.3 is 47.6 Å². The van der Waals surface area contributed by atoms with Gasteiger partial charge in [0.1, 0.15) is 47.3 Å². The predicted octanol–water partition coefficient (Wildman–Crippen LogP) is 8.97. The minimum absolute atomic E-state index is 0.112. The largest absolute Gasteiger partial charge is 0.507 e. The molecular formula is C41H62O14P2Si. The molecule has 0 spiro atoms. The number of rotatable bonds is 20. The first kappa shape index (κ1) is 48.9. The molecule has 2 aromatic rings. The van der Waals surface area contributed by atoms with Crippen LogP contribution in [0.4, 0.5) is 0 Å². The van der Waals surface area contributed by atoms with Gasteiger partial charge >= 0.3 is 27.1 Å². The fraction of sp³-hybridized carbons (Fsp3) is 0.561. The molecule has 0 radical (unpaired) electrons. The van der Waals surface area contributed by atoms with Crippen LogP contribution < -0.4 is 14.2 Å². The summed E-state index contributed by atoms with van der Waals surface area (Å²) in [5.74, 6) is 0.712. The van der Waals surface area contributed by atoms with E-state index in [1.54, 1.807) is 27.0 Å². The van der Waals surface area contributed by atoms with Crippen LogP contribution in [-0.2, 0) is 53.7 Å². The number of fused-ring (bicyclic) bond motifs is 2. The molecule has 17 heteroatoms. The zero-order valence-corrected chi connectivity index (χ0v) is 38.7. The SMILES string of the molecule is CCOP(=O)(CC/C(C)=C/Cc1c(OC)c(C)c2c(c1OCC[Si](C)(C)C)C(=O)OC2)OCC.COc1c(C)c2c(c(O)c1C/C=C(\C)CCP(=O)(O)O)C(=O)OC2. The van der Waals surface area contributed by atoms with E-state index in [0.29, 0.717) is 67.0 Å². The minimum Gasteiger partial charge on any atom is -0.507 e. The van der Waals surface area contributed by atoms with E-state index in [1.807, 2.05) is 27.7 Å². The summed E-state index contributed by atoms with van der Waals surface area (Å²) in [5.41, 5.74) is 6.93. The highest BCUT2D eigenvalue weighted by atomic mass is 31.2. The van der Waals surface area contributed by atoms with E-state index in [4.69, 9.17) is 42.5 Å². The monoisotopic (exact) mass is 868 g/mol. The lowest BCUT2D eigenvalue weighted by atomic mass is 9.94. The molecule has 2 aromatic carbocycles. The summed E-state index contributed by atoms with van der Waals surface area (Å²) in [5, 5.41) is 10.5. The van der Waals surface area contributed by atoms with Gasteiger partial charge in [-0.05, 0) is 84.4 Å². The van der Waals surface area contributed by atoms with Gasteiger partial charge in [0.05, 0.1) is 46.4 Å². The molecule has 3 N–H and O–H groups in total. The molecule has 2 aliphatic rings. The van der Waals surface area contributed by atoms with Crippen LogP contribution in [0.5, 0.6) is 23.0 Å². The Morgan fingerprint density at radius 2 is 1.22 bits per heavy atom. The lowest BCUT2D eigenvalue weighted by molar-refractivity contribution is 0.0523. The summed E-state index contributed by atoms with van der Waals surface area (Å²) < 4.78 is 62.3. The smallest absolute Gasteiger partial charge is 0.342 e. The molecule has 4 rings (SSSR count). The highest BCUT2D eigenvalue weighted by molar-refractivity contribution is 7.53. The zero-order chi connectivity index (χ0) is 43.6. The number of benzene rings is 2. The summed E-state index contributed by atoms with van der Waals surface area (Å²) in [6.07, 6.45) is 5.56. The van der Waals surface area contributed by atoms with Crippen LogP contribution in [0, 0.1) is 13.8 Å². The second-order valence-corrected chi connectivity index (χ2v) is 25.1. The van der Waals surface area contributed by atoms with E-state index in [-0.39, 0.29) is 49.5 Å². The standard InChI is InChI=1S/C25H41O7PSi.C16H21O7P/c1-9-31-33(27,32-10-2)15-13-18(3)11-12-20-23(28-5)19(4)21-17-30-25(26)22(21)24(20)29-14-16-34(6,7)8;1-9(6-7-24(19,20)21)4-5-11-14(17)13-12(8-23-16(13)18)10(2)15(11)22-3/h11H,9-10,12-17H2,1-8H3;4,17H,5-8H2,1-3H3,(H2,19,20,21)/b18-11+;9-4+. The van der Waals surface area contributed by atoms with Gasteiger partial charge in [-0.2, -0.15) is 0 Å². The topological polar surface area (TPSA) is 194 Å². The van der Waals surface area contributed by atoms with Gasteiger partial charge in [-0.15, -0.1) is 0 Å². The Bertz CT molecular complexity index is 1970. The van der Waals surface area contributed by atoms with Crippen molar-refractivity contribution in [1.29, 1.82) is 0 Å². The highest BCUT2D eigenvalue weighted by Gasteiger charge is 2.34. The van der Waals surface area contributed by atoms with Crippen molar-refractivity contribution in [1.82, 2.24) is 0 Å². The zero-order valence-electron chi connectivity index (χ0n) is 35.9. The van der Waals surface area contributed by atoms with Crippen LogP contribution >= 0.6 is 15.2 Å². The summed E-state index contributed by atoms with van der Waals surface area (Å²) in [7, 11) is -5.34. The molecular weight excluding hydrogens is 806 g/mol. The normalized spacial score (nSPS) is 14.4. The molecule has 0 saturated carbocycles. The van der Waals surface area contributed by atoms with Crippen molar-refractivity contribution in [3.63, 3.8) is 0 Å². The molecule has 14 nitrogen and oxygen atoms in total. The molecule has 324 valence electrons. The summed E-state index contributed by atoms with van der Waals surface area (Å²) in [6, 6.07) is 0.978. The second kappa shape index (κ2) is 21.2. The number of cyclic esters (lactones) is 2. The molecule has 0 aliphatic carbocycles. The molecule has 58 heavy (non-hydrogen) atoms. The Morgan fingerprint density at radius 1 is 0.759 bits per heavy atom. The number of phenolic OH excluding ortho intramolecular Hbond substituents is 1. The summed E-state index contributed by atoms with van der Waals surface area (Å²) in [6.45, 7) is 19.6. The molecule has 0 bridgehead atoms. The Labute approximate surface area is 343 Å². The Balaban J connectivity index is 0.000000329. The lowest BCUT2D eigenvalue weighted by Gasteiger charge is -2.21. The Kier molecular flexibility index (Phi) is 17.9. The molecule has 2 aliphatic heterocycles. The maximum atomic E-state index is 12.8. The molecule has 0 atom stereocenters. The molecule has 0 unspecified atom stereocenters. The molecule has 0 saturated heterocycles. The third kappa shape index (κ3) is 13.0. The number of aromatic hydroxyl groups is 1. The molecule has 2 heterocycles. The van der Waals surface area contributed by atoms with Gasteiger partial charge in [-0.3, -0.25) is 9.13 Å². The average Bonchev–Trinajstić information content (AvgIpc) is 3.73. The minimum atomic E-state index is -4.04. The Morgan fingerprint density at radius 3 is 1.71 bits per heavy atom. The summed E-state index contributed by atoms with van der Waals surface area (Å²) >= 11 is 0. The first-order valence-corrected chi connectivity index (χ1v) is 26.7. The quantitative estimate of drug-likeness (QED) is 0.0494. The third-order valence-corrected chi connectivity index (χ3v) is 14.5. The Hall–Kier alpha value is -3.42. The van der Waals surface area contributed by atoms with Crippen molar-refractivity contribution >= 4 is 35.2 Å².